The quantitative estimate of drug-likeness (QED) is 0.553. The van der Waals surface area contributed by atoms with Crippen LogP contribution in [-0.4, -0.2) is 30.6 Å². The molecule has 1 amide bonds. The summed E-state index contributed by atoms with van der Waals surface area (Å²) in [7, 11) is 0. The molecular formula is C26H35N5O3. The molecule has 2 heterocycles. The number of nitrogens with one attached hydrogen (secondary N) is 1. The van der Waals surface area contributed by atoms with E-state index in [1.807, 2.05) is 34.9 Å². The van der Waals surface area contributed by atoms with Crippen molar-refractivity contribution in [1.82, 2.24) is 24.0 Å². The number of aromatic nitrogens is 4. The van der Waals surface area contributed by atoms with Gasteiger partial charge in [0.25, 0.3) is 5.56 Å². The van der Waals surface area contributed by atoms with Crippen molar-refractivity contribution in [1.29, 1.82) is 0 Å². The second-order valence-electron chi connectivity index (χ2n) is 9.97. The molecule has 8 heteroatoms. The molecule has 2 atom stereocenters. The van der Waals surface area contributed by atoms with E-state index in [0.717, 1.165) is 35.8 Å². The lowest BCUT2D eigenvalue weighted by molar-refractivity contribution is -0.123. The highest BCUT2D eigenvalue weighted by Crippen LogP contribution is 2.23. The Morgan fingerprint density at radius 2 is 1.85 bits per heavy atom. The number of benzene rings is 1. The number of rotatable bonds is 8. The van der Waals surface area contributed by atoms with Crippen molar-refractivity contribution in [3.05, 3.63) is 63.1 Å². The number of hydrogen-bond donors (Lipinski definition) is 1. The average molecular weight is 466 g/mol. The Bertz CT molecular complexity index is 1260. The molecule has 0 unspecified atom stereocenters. The van der Waals surface area contributed by atoms with Gasteiger partial charge in [0.1, 0.15) is 6.54 Å². The van der Waals surface area contributed by atoms with Crippen LogP contribution in [0.15, 0.2) is 46.2 Å². The van der Waals surface area contributed by atoms with Gasteiger partial charge < -0.3 is 9.88 Å². The number of carbonyl (C=O) groups excluding carboxylic acids is 1. The predicted octanol–water partition coefficient (Wildman–Crippen LogP) is 3.15. The molecule has 0 bridgehead atoms. The van der Waals surface area contributed by atoms with E-state index in [2.05, 4.69) is 31.1 Å². The van der Waals surface area contributed by atoms with Crippen LogP contribution in [0.5, 0.6) is 0 Å². The van der Waals surface area contributed by atoms with Crippen LogP contribution in [0.4, 0.5) is 0 Å². The van der Waals surface area contributed by atoms with Crippen molar-refractivity contribution in [2.45, 2.75) is 78.6 Å². The van der Waals surface area contributed by atoms with Crippen molar-refractivity contribution in [2.24, 2.45) is 11.8 Å². The molecular weight excluding hydrogens is 430 g/mol. The molecule has 0 spiro atoms. The first-order chi connectivity index (χ1) is 16.3. The fraction of sp³-hybridized carbons (Fsp3) is 0.538. The van der Waals surface area contributed by atoms with Gasteiger partial charge in [0.05, 0.1) is 12.9 Å². The fourth-order valence-electron chi connectivity index (χ4n) is 4.78. The lowest BCUT2D eigenvalue weighted by Gasteiger charge is -2.29. The SMILES string of the molecule is CC(C)CCn1cnc2c1c(=O)n(CC(=O)N[C@H]1CCCC[C@H]1C)c(=O)n2Cc1ccccc1. The number of amides is 1. The van der Waals surface area contributed by atoms with Crippen LogP contribution in [0.25, 0.3) is 11.2 Å². The summed E-state index contributed by atoms with van der Waals surface area (Å²) in [5.74, 6) is 0.555. The largest absolute Gasteiger partial charge is 0.352 e. The van der Waals surface area contributed by atoms with Crippen molar-refractivity contribution in [3.63, 3.8) is 0 Å². The van der Waals surface area contributed by atoms with Crippen LogP contribution in [0, 0.1) is 11.8 Å². The number of carbonyl (C=O) groups is 1. The standard InChI is InChI=1S/C26H35N5O3/c1-18(2)13-14-29-17-27-24-23(29)25(33)31(16-22(32)28-21-12-8-7-9-19(21)3)26(34)30(24)15-20-10-5-4-6-11-20/h4-6,10-11,17-19,21H,7-9,12-16H2,1-3H3,(H,28,32)/t19-,21+/m1/s1. The highest BCUT2D eigenvalue weighted by molar-refractivity contribution is 5.77. The second kappa shape index (κ2) is 10.4. The van der Waals surface area contributed by atoms with Crippen LogP contribution < -0.4 is 16.6 Å². The fourth-order valence-corrected chi connectivity index (χ4v) is 4.78. The van der Waals surface area contributed by atoms with Crippen LogP contribution in [-0.2, 0) is 24.4 Å². The molecule has 8 nitrogen and oxygen atoms in total. The minimum Gasteiger partial charge on any atom is -0.352 e. The Kier molecular flexibility index (Phi) is 7.34. The Labute approximate surface area is 199 Å². The van der Waals surface area contributed by atoms with Crippen molar-refractivity contribution >= 4 is 17.1 Å². The molecule has 3 aromatic rings. The van der Waals surface area contributed by atoms with E-state index in [1.54, 1.807) is 6.33 Å². The van der Waals surface area contributed by atoms with Crippen molar-refractivity contribution in [2.75, 3.05) is 0 Å². The van der Waals surface area contributed by atoms with Gasteiger partial charge in [0.2, 0.25) is 5.91 Å². The maximum Gasteiger partial charge on any atom is 0.333 e. The number of hydrogen-bond acceptors (Lipinski definition) is 4. The zero-order chi connectivity index (χ0) is 24.2. The van der Waals surface area contributed by atoms with Gasteiger partial charge in [0, 0.05) is 12.6 Å². The summed E-state index contributed by atoms with van der Waals surface area (Å²) in [6.45, 7) is 7.00. The molecule has 1 aliphatic rings. The van der Waals surface area contributed by atoms with E-state index in [4.69, 9.17) is 0 Å². The van der Waals surface area contributed by atoms with Crippen LogP contribution >= 0.6 is 0 Å². The van der Waals surface area contributed by atoms with E-state index in [-0.39, 0.29) is 25.0 Å². The molecule has 4 rings (SSSR count). The van der Waals surface area contributed by atoms with Gasteiger partial charge in [-0.2, -0.15) is 0 Å². The lowest BCUT2D eigenvalue weighted by atomic mass is 9.86. The molecule has 0 radical (unpaired) electrons. The summed E-state index contributed by atoms with van der Waals surface area (Å²) in [5.41, 5.74) is 0.684. The Hall–Kier alpha value is -3.16. The zero-order valence-corrected chi connectivity index (χ0v) is 20.4. The van der Waals surface area contributed by atoms with E-state index in [9.17, 15) is 14.4 Å². The Balaban J connectivity index is 1.73. The summed E-state index contributed by atoms with van der Waals surface area (Å²) in [6.07, 6.45) is 6.78. The average Bonchev–Trinajstić information content (AvgIpc) is 3.24. The summed E-state index contributed by atoms with van der Waals surface area (Å²) in [6, 6.07) is 9.69. The van der Waals surface area contributed by atoms with E-state index < -0.39 is 11.2 Å². The van der Waals surface area contributed by atoms with Crippen molar-refractivity contribution < 1.29 is 4.79 Å². The summed E-state index contributed by atoms with van der Waals surface area (Å²) < 4.78 is 4.40. The summed E-state index contributed by atoms with van der Waals surface area (Å²) >= 11 is 0. The van der Waals surface area contributed by atoms with E-state index >= 15 is 0 Å². The van der Waals surface area contributed by atoms with Gasteiger partial charge in [0.15, 0.2) is 11.2 Å². The molecule has 1 fully saturated rings. The van der Waals surface area contributed by atoms with Gasteiger partial charge in [-0.05, 0) is 36.7 Å². The summed E-state index contributed by atoms with van der Waals surface area (Å²) in [4.78, 5) is 44.3. The zero-order valence-electron chi connectivity index (χ0n) is 20.4. The third-order valence-corrected chi connectivity index (χ3v) is 6.87. The maximum absolute atomic E-state index is 13.5. The van der Waals surface area contributed by atoms with Gasteiger partial charge in [-0.1, -0.05) is 63.9 Å². The molecule has 182 valence electrons. The molecule has 1 aromatic carbocycles. The molecule has 34 heavy (non-hydrogen) atoms. The van der Waals surface area contributed by atoms with E-state index in [1.165, 1.54) is 11.0 Å². The molecule has 1 aliphatic carbocycles. The topological polar surface area (TPSA) is 90.9 Å². The number of aryl methyl sites for hydroxylation is 1. The number of nitrogens with zero attached hydrogens (tertiary/aromatic N) is 4. The second-order valence-corrected chi connectivity index (χ2v) is 9.97. The number of fused-ring (bicyclic) bond motifs is 1. The smallest absolute Gasteiger partial charge is 0.333 e. The van der Waals surface area contributed by atoms with Crippen LogP contribution in [0.2, 0.25) is 0 Å². The van der Waals surface area contributed by atoms with Gasteiger partial charge in [-0.15, -0.1) is 0 Å². The first-order valence-electron chi connectivity index (χ1n) is 12.4. The minimum atomic E-state index is -0.512. The van der Waals surface area contributed by atoms with Crippen LogP contribution in [0.1, 0.15) is 58.4 Å². The summed E-state index contributed by atoms with van der Waals surface area (Å²) in [5, 5.41) is 3.07. The normalized spacial score (nSPS) is 18.5. The molecule has 0 aliphatic heterocycles. The maximum atomic E-state index is 13.5. The van der Waals surface area contributed by atoms with Gasteiger partial charge >= 0.3 is 5.69 Å². The first-order valence-corrected chi connectivity index (χ1v) is 12.4. The van der Waals surface area contributed by atoms with Gasteiger partial charge in [-0.3, -0.25) is 14.2 Å². The molecule has 0 saturated heterocycles. The first kappa shape index (κ1) is 24.0. The minimum absolute atomic E-state index is 0.0868. The number of imidazole rings is 1. The molecule has 2 aromatic heterocycles. The third kappa shape index (κ3) is 5.16. The third-order valence-electron chi connectivity index (χ3n) is 6.87. The Morgan fingerprint density at radius 1 is 1.12 bits per heavy atom. The molecule has 1 saturated carbocycles. The monoisotopic (exact) mass is 465 g/mol. The predicted molar refractivity (Wildman–Crippen MR) is 133 cm³/mol. The Morgan fingerprint density at radius 3 is 2.56 bits per heavy atom. The highest BCUT2D eigenvalue weighted by atomic mass is 16.2. The molecule has 1 N–H and O–H groups in total. The van der Waals surface area contributed by atoms with E-state index in [0.29, 0.717) is 29.5 Å². The van der Waals surface area contributed by atoms with Crippen molar-refractivity contribution in [3.8, 4) is 0 Å². The van der Waals surface area contributed by atoms with Gasteiger partial charge in [-0.25, -0.2) is 14.3 Å². The van der Waals surface area contributed by atoms with Crippen LogP contribution in [0.3, 0.4) is 0 Å². The highest BCUT2D eigenvalue weighted by Gasteiger charge is 2.25. The lowest BCUT2D eigenvalue weighted by Crippen LogP contribution is -2.47.